The van der Waals surface area contributed by atoms with E-state index in [-0.39, 0.29) is 11.6 Å². The van der Waals surface area contributed by atoms with Crippen molar-refractivity contribution in [2.75, 3.05) is 0 Å². The van der Waals surface area contributed by atoms with Crippen molar-refractivity contribution in [3.8, 4) is 17.1 Å². The van der Waals surface area contributed by atoms with Gasteiger partial charge in [-0.3, -0.25) is 4.90 Å². The predicted molar refractivity (Wildman–Crippen MR) is 87.1 cm³/mol. The highest BCUT2D eigenvalue weighted by molar-refractivity contribution is 5.63. The van der Waals surface area contributed by atoms with Crippen LogP contribution in [0.25, 0.3) is 11.4 Å². The third-order valence-electron chi connectivity index (χ3n) is 4.97. The Bertz CT molecular complexity index is 729. The van der Waals surface area contributed by atoms with E-state index in [0.717, 1.165) is 5.92 Å². The van der Waals surface area contributed by atoms with Gasteiger partial charge in [-0.2, -0.15) is 13.8 Å². The summed E-state index contributed by atoms with van der Waals surface area (Å²) in [5.41, 5.74) is 0.408. The molecule has 0 aliphatic heterocycles. The summed E-state index contributed by atoms with van der Waals surface area (Å²) in [5, 5.41) is 3.97. The summed E-state index contributed by atoms with van der Waals surface area (Å²) in [6, 6.07) is 7.60. The van der Waals surface area contributed by atoms with E-state index in [9.17, 15) is 8.78 Å². The van der Waals surface area contributed by atoms with Crippen LogP contribution in [-0.2, 0) is 6.54 Å². The van der Waals surface area contributed by atoms with Gasteiger partial charge in [-0.1, -0.05) is 17.3 Å². The van der Waals surface area contributed by atoms with Crippen LogP contribution >= 0.6 is 0 Å². The van der Waals surface area contributed by atoms with Crippen molar-refractivity contribution >= 4 is 0 Å². The first-order valence-electron chi connectivity index (χ1n) is 8.74. The summed E-state index contributed by atoms with van der Waals surface area (Å²) in [4.78, 5) is 6.86. The molecule has 2 fully saturated rings. The molecule has 1 atom stereocenters. The van der Waals surface area contributed by atoms with Gasteiger partial charge in [0, 0.05) is 12.1 Å². The van der Waals surface area contributed by atoms with Crippen LogP contribution in [0.3, 0.4) is 0 Å². The Hall–Kier alpha value is -2.02. The Morgan fingerprint density at radius 2 is 2.00 bits per heavy atom. The number of hydrogen-bond donors (Lipinski definition) is 0. The fraction of sp³-hybridized carbons (Fsp3) is 0.556. The molecule has 0 saturated heterocycles. The fourth-order valence-electron chi connectivity index (χ4n) is 3.30. The van der Waals surface area contributed by atoms with E-state index in [1.165, 1.54) is 31.7 Å². The highest BCUT2D eigenvalue weighted by Gasteiger charge is 2.39. The Balaban J connectivity index is 1.52. The molecule has 1 aromatic carbocycles. The van der Waals surface area contributed by atoms with E-state index in [2.05, 4.69) is 26.7 Å². The highest BCUT2D eigenvalue weighted by Crippen LogP contribution is 2.40. The van der Waals surface area contributed by atoms with Crippen LogP contribution in [0.15, 0.2) is 28.8 Å². The molecule has 2 aliphatic rings. The lowest BCUT2D eigenvalue weighted by molar-refractivity contribution is -0.0494. The molecule has 2 saturated carbocycles. The van der Waals surface area contributed by atoms with E-state index in [0.29, 0.717) is 30.1 Å². The average molecular weight is 349 g/mol. The number of ether oxygens (including phenoxy) is 1. The van der Waals surface area contributed by atoms with Crippen LogP contribution in [0.5, 0.6) is 5.75 Å². The van der Waals surface area contributed by atoms with Crippen molar-refractivity contribution in [3.05, 3.63) is 30.2 Å². The number of halogens is 2. The zero-order chi connectivity index (χ0) is 17.4. The largest absolute Gasteiger partial charge is 0.434 e. The summed E-state index contributed by atoms with van der Waals surface area (Å²) in [6.45, 7) is -0.0241. The van der Waals surface area contributed by atoms with Crippen molar-refractivity contribution in [2.24, 2.45) is 5.92 Å². The van der Waals surface area contributed by atoms with Crippen LogP contribution in [0, 0.1) is 5.92 Å². The summed E-state index contributed by atoms with van der Waals surface area (Å²) < 4.78 is 35.1. The van der Waals surface area contributed by atoms with Crippen LogP contribution in [-0.4, -0.2) is 33.7 Å². The maximum atomic E-state index is 12.6. The van der Waals surface area contributed by atoms with E-state index < -0.39 is 6.61 Å². The third kappa shape index (κ3) is 3.81. The second-order valence-electron chi connectivity index (χ2n) is 6.87. The summed E-state index contributed by atoms with van der Waals surface area (Å²) in [7, 11) is 0. The van der Waals surface area contributed by atoms with Gasteiger partial charge >= 0.3 is 6.61 Å². The van der Waals surface area contributed by atoms with Gasteiger partial charge in [0.2, 0.25) is 11.7 Å². The molecule has 2 aromatic rings. The van der Waals surface area contributed by atoms with Crippen molar-refractivity contribution in [3.63, 3.8) is 0 Å². The van der Waals surface area contributed by atoms with E-state index >= 15 is 0 Å². The molecule has 1 aromatic heterocycles. The van der Waals surface area contributed by atoms with Crippen LogP contribution in [0.4, 0.5) is 8.78 Å². The average Bonchev–Trinajstić information content (AvgIpc) is 3.50. The maximum Gasteiger partial charge on any atom is 0.387 e. The molecule has 7 heteroatoms. The SMILES string of the molecule is CC(C1CC1)N(Cc1nc(-c2ccccc2OC(F)F)no1)C1CC1. The summed E-state index contributed by atoms with van der Waals surface area (Å²) >= 11 is 0. The lowest BCUT2D eigenvalue weighted by atomic mass is 10.1. The number of nitrogens with zero attached hydrogens (tertiary/aromatic N) is 3. The Kier molecular flexibility index (Phi) is 4.41. The standard InChI is InChI=1S/C18H21F2N3O2/c1-11(12-6-7-12)23(13-8-9-13)10-16-21-17(22-25-16)14-4-2-3-5-15(14)24-18(19)20/h2-5,11-13,18H,6-10H2,1H3. The van der Waals surface area contributed by atoms with Gasteiger partial charge in [-0.25, -0.2) is 0 Å². The molecule has 25 heavy (non-hydrogen) atoms. The Morgan fingerprint density at radius 3 is 2.68 bits per heavy atom. The molecule has 134 valence electrons. The number of para-hydroxylation sites is 1. The smallest absolute Gasteiger partial charge is 0.387 e. The van der Waals surface area contributed by atoms with Gasteiger partial charge in [0.15, 0.2) is 0 Å². The van der Waals surface area contributed by atoms with E-state index in [1.54, 1.807) is 18.2 Å². The van der Waals surface area contributed by atoms with Crippen molar-refractivity contribution in [1.29, 1.82) is 0 Å². The highest BCUT2D eigenvalue weighted by atomic mass is 19.3. The molecule has 0 bridgehead atoms. The molecule has 0 N–H and O–H groups in total. The van der Waals surface area contributed by atoms with Crippen molar-refractivity contribution in [1.82, 2.24) is 15.0 Å². The number of alkyl halides is 2. The van der Waals surface area contributed by atoms with Crippen LogP contribution in [0.1, 0.15) is 38.5 Å². The fourth-order valence-corrected chi connectivity index (χ4v) is 3.30. The van der Waals surface area contributed by atoms with Gasteiger partial charge < -0.3 is 9.26 Å². The lowest BCUT2D eigenvalue weighted by Gasteiger charge is -2.27. The van der Waals surface area contributed by atoms with Crippen LogP contribution < -0.4 is 4.74 Å². The normalized spacial score (nSPS) is 18.8. The first-order valence-corrected chi connectivity index (χ1v) is 8.74. The quantitative estimate of drug-likeness (QED) is 0.718. The second kappa shape index (κ2) is 6.71. The monoisotopic (exact) mass is 349 g/mol. The number of rotatable bonds is 8. The zero-order valence-corrected chi connectivity index (χ0v) is 14.1. The second-order valence-corrected chi connectivity index (χ2v) is 6.87. The molecule has 2 aliphatic carbocycles. The molecule has 1 unspecified atom stereocenters. The first-order chi connectivity index (χ1) is 12.1. The van der Waals surface area contributed by atoms with Crippen molar-refractivity contribution in [2.45, 2.75) is 57.8 Å². The molecule has 5 nitrogen and oxygen atoms in total. The number of aromatic nitrogens is 2. The topological polar surface area (TPSA) is 51.4 Å². The summed E-state index contributed by atoms with van der Waals surface area (Å²) in [6.07, 6.45) is 5.00. The van der Waals surface area contributed by atoms with Gasteiger partial charge in [0.05, 0.1) is 12.1 Å². The maximum absolute atomic E-state index is 12.6. The lowest BCUT2D eigenvalue weighted by Crippen LogP contribution is -2.36. The Morgan fingerprint density at radius 1 is 1.24 bits per heavy atom. The minimum atomic E-state index is -2.89. The number of hydrogen-bond acceptors (Lipinski definition) is 5. The molecule has 4 rings (SSSR count). The van der Waals surface area contributed by atoms with Gasteiger partial charge in [0.1, 0.15) is 5.75 Å². The minimum Gasteiger partial charge on any atom is -0.434 e. The van der Waals surface area contributed by atoms with E-state index in [4.69, 9.17) is 4.52 Å². The molecular formula is C18H21F2N3O2. The Labute approximate surface area is 145 Å². The molecule has 1 heterocycles. The van der Waals surface area contributed by atoms with Crippen LogP contribution in [0.2, 0.25) is 0 Å². The first kappa shape index (κ1) is 16.4. The summed E-state index contributed by atoms with van der Waals surface area (Å²) in [5.74, 6) is 1.61. The molecular weight excluding hydrogens is 328 g/mol. The molecule has 0 amide bonds. The molecule has 0 spiro atoms. The third-order valence-corrected chi connectivity index (χ3v) is 4.97. The van der Waals surface area contributed by atoms with Gasteiger partial charge in [-0.05, 0) is 50.7 Å². The predicted octanol–water partition coefficient (Wildman–Crippen LogP) is 4.10. The van der Waals surface area contributed by atoms with Gasteiger partial charge in [0.25, 0.3) is 0 Å². The van der Waals surface area contributed by atoms with Gasteiger partial charge in [-0.15, -0.1) is 0 Å². The number of benzene rings is 1. The van der Waals surface area contributed by atoms with E-state index in [1.807, 2.05) is 0 Å². The molecule has 0 radical (unpaired) electrons. The zero-order valence-electron chi connectivity index (χ0n) is 14.1. The minimum absolute atomic E-state index is 0.0512. The van der Waals surface area contributed by atoms with Crippen molar-refractivity contribution < 1.29 is 18.0 Å².